The van der Waals surface area contributed by atoms with Crippen LogP contribution in [0.5, 0.6) is 0 Å². The zero-order valence-corrected chi connectivity index (χ0v) is 14.4. The molecule has 24 heavy (non-hydrogen) atoms. The zero-order valence-electron chi connectivity index (χ0n) is 14.4. The second-order valence-corrected chi connectivity index (χ2v) is 6.16. The lowest BCUT2D eigenvalue weighted by atomic mass is 10.2. The second kappa shape index (κ2) is 7.68. The molecule has 1 aliphatic heterocycles. The van der Waals surface area contributed by atoms with E-state index in [1.54, 1.807) is 6.20 Å². The first-order valence-electron chi connectivity index (χ1n) is 8.60. The number of aliphatic hydroxyl groups excluding tert-OH is 1. The van der Waals surface area contributed by atoms with Crippen LogP contribution in [0, 0.1) is 0 Å². The number of rotatable bonds is 5. The van der Waals surface area contributed by atoms with E-state index >= 15 is 0 Å². The van der Waals surface area contributed by atoms with Crippen molar-refractivity contribution in [3.05, 3.63) is 36.2 Å². The van der Waals surface area contributed by atoms with E-state index in [4.69, 9.17) is 4.98 Å². The van der Waals surface area contributed by atoms with Crippen LogP contribution >= 0.6 is 0 Å². The maximum Gasteiger partial charge on any atom is 0.180 e. The molecule has 1 aliphatic rings. The summed E-state index contributed by atoms with van der Waals surface area (Å²) in [5.74, 6) is 1.66. The van der Waals surface area contributed by atoms with Crippen LogP contribution < -0.4 is 4.90 Å². The third-order valence-electron chi connectivity index (χ3n) is 4.55. The van der Waals surface area contributed by atoms with E-state index in [-0.39, 0.29) is 12.6 Å². The SMILES string of the molecule is CCc1cc(N2CCN(C(C)CO)CC2)nc(-c2ccccn2)n1. The van der Waals surface area contributed by atoms with Gasteiger partial charge >= 0.3 is 0 Å². The number of hydrogen-bond donors (Lipinski definition) is 1. The molecule has 3 heterocycles. The number of aryl methyl sites for hydroxylation is 1. The van der Waals surface area contributed by atoms with Gasteiger partial charge in [-0.15, -0.1) is 0 Å². The maximum atomic E-state index is 9.32. The fraction of sp³-hybridized carbons (Fsp3) is 0.500. The van der Waals surface area contributed by atoms with Crippen molar-refractivity contribution in [2.45, 2.75) is 26.3 Å². The highest BCUT2D eigenvalue weighted by Gasteiger charge is 2.22. The predicted octanol–water partition coefficient (Wildman–Crippen LogP) is 1.60. The molecule has 1 fully saturated rings. The highest BCUT2D eigenvalue weighted by Crippen LogP contribution is 2.20. The summed E-state index contributed by atoms with van der Waals surface area (Å²) in [5.41, 5.74) is 1.84. The van der Waals surface area contributed by atoms with E-state index in [1.807, 2.05) is 18.2 Å². The number of aromatic nitrogens is 3. The van der Waals surface area contributed by atoms with Crippen molar-refractivity contribution in [3.63, 3.8) is 0 Å². The Labute approximate surface area is 143 Å². The molecule has 1 unspecified atom stereocenters. The van der Waals surface area contributed by atoms with Crippen LogP contribution in [0.4, 0.5) is 5.82 Å². The van der Waals surface area contributed by atoms with Crippen LogP contribution in [0.15, 0.2) is 30.5 Å². The standard InChI is InChI=1S/C18H25N5O/c1-3-15-12-17(21-18(20-15)16-6-4-5-7-19-16)23-10-8-22(9-11-23)14(2)13-24/h4-7,12,14,24H,3,8-11,13H2,1-2H3. The van der Waals surface area contributed by atoms with Crippen molar-refractivity contribution < 1.29 is 5.11 Å². The summed E-state index contributed by atoms with van der Waals surface area (Å²) in [6.45, 7) is 8.07. The molecule has 2 aromatic heterocycles. The average molecular weight is 327 g/mol. The van der Waals surface area contributed by atoms with Crippen LogP contribution in [0.25, 0.3) is 11.5 Å². The molecule has 6 heteroatoms. The van der Waals surface area contributed by atoms with Gasteiger partial charge < -0.3 is 10.0 Å². The van der Waals surface area contributed by atoms with Gasteiger partial charge in [0.25, 0.3) is 0 Å². The molecule has 1 N–H and O–H groups in total. The van der Waals surface area contributed by atoms with Crippen molar-refractivity contribution in [2.24, 2.45) is 0 Å². The normalized spacial score (nSPS) is 17.0. The van der Waals surface area contributed by atoms with Crippen molar-refractivity contribution >= 4 is 5.82 Å². The summed E-state index contributed by atoms with van der Waals surface area (Å²) in [5, 5.41) is 9.32. The first kappa shape index (κ1) is 16.8. The van der Waals surface area contributed by atoms with Gasteiger partial charge in [0.05, 0.1) is 6.61 Å². The Morgan fingerprint density at radius 2 is 1.96 bits per heavy atom. The molecule has 1 atom stereocenters. The molecule has 2 aromatic rings. The topological polar surface area (TPSA) is 65.4 Å². The third kappa shape index (κ3) is 3.71. The van der Waals surface area contributed by atoms with Crippen LogP contribution in [0.1, 0.15) is 19.5 Å². The summed E-state index contributed by atoms with van der Waals surface area (Å²) in [4.78, 5) is 18.4. The Morgan fingerprint density at radius 1 is 1.17 bits per heavy atom. The van der Waals surface area contributed by atoms with Gasteiger partial charge in [-0.1, -0.05) is 13.0 Å². The molecule has 1 saturated heterocycles. The molecule has 0 aromatic carbocycles. The highest BCUT2D eigenvalue weighted by atomic mass is 16.3. The zero-order chi connectivity index (χ0) is 16.9. The van der Waals surface area contributed by atoms with Gasteiger partial charge in [0, 0.05) is 50.2 Å². The average Bonchev–Trinajstić information content (AvgIpc) is 2.67. The second-order valence-electron chi connectivity index (χ2n) is 6.16. The van der Waals surface area contributed by atoms with E-state index < -0.39 is 0 Å². The third-order valence-corrected chi connectivity index (χ3v) is 4.55. The fourth-order valence-corrected chi connectivity index (χ4v) is 2.94. The van der Waals surface area contributed by atoms with Gasteiger partial charge in [-0.05, 0) is 25.5 Å². The van der Waals surface area contributed by atoms with Gasteiger partial charge in [0.2, 0.25) is 0 Å². The number of nitrogens with zero attached hydrogens (tertiary/aromatic N) is 5. The summed E-state index contributed by atoms with van der Waals surface area (Å²) >= 11 is 0. The molecule has 0 bridgehead atoms. The predicted molar refractivity (Wildman–Crippen MR) is 95.0 cm³/mol. The molecule has 6 nitrogen and oxygen atoms in total. The molecular formula is C18H25N5O. The fourth-order valence-electron chi connectivity index (χ4n) is 2.94. The van der Waals surface area contributed by atoms with Crippen molar-refractivity contribution in [2.75, 3.05) is 37.7 Å². The number of aliphatic hydroxyl groups is 1. The monoisotopic (exact) mass is 327 g/mol. The van der Waals surface area contributed by atoms with Gasteiger partial charge in [0.15, 0.2) is 5.82 Å². The number of piperazine rings is 1. The number of anilines is 1. The Bertz CT molecular complexity index is 656. The Kier molecular flexibility index (Phi) is 5.37. The molecular weight excluding hydrogens is 302 g/mol. The van der Waals surface area contributed by atoms with Crippen LogP contribution in [-0.4, -0.2) is 63.8 Å². The Hall–Kier alpha value is -2.05. The molecule has 0 aliphatic carbocycles. The summed E-state index contributed by atoms with van der Waals surface area (Å²) in [6, 6.07) is 8.10. The first-order chi connectivity index (χ1) is 11.7. The summed E-state index contributed by atoms with van der Waals surface area (Å²) in [7, 11) is 0. The van der Waals surface area contributed by atoms with E-state index in [0.29, 0.717) is 5.82 Å². The Morgan fingerprint density at radius 3 is 2.58 bits per heavy atom. The highest BCUT2D eigenvalue weighted by molar-refractivity contribution is 5.54. The number of hydrogen-bond acceptors (Lipinski definition) is 6. The van der Waals surface area contributed by atoms with Crippen molar-refractivity contribution in [1.82, 2.24) is 19.9 Å². The molecule has 0 radical (unpaired) electrons. The quantitative estimate of drug-likeness (QED) is 0.900. The largest absolute Gasteiger partial charge is 0.395 e. The minimum atomic E-state index is 0.206. The van der Waals surface area contributed by atoms with E-state index in [0.717, 1.165) is 49.8 Å². The lowest BCUT2D eigenvalue weighted by Crippen LogP contribution is -2.50. The Balaban J connectivity index is 1.81. The van der Waals surface area contributed by atoms with E-state index in [9.17, 15) is 5.11 Å². The summed E-state index contributed by atoms with van der Waals surface area (Å²) in [6.07, 6.45) is 2.64. The first-order valence-corrected chi connectivity index (χ1v) is 8.60. The molecule has 0 saturated carbocycles. The van der Waals surface area contributed by atoms with E-state index in [2.05, 4.69) is 39.7 Å². The maximum absolute atomic E-state index is 9.32. The number of pyridine rings is 1. The lowest BCUT2D eigenvalue weighted by molar-refractivity contribution is 0.128. The molecule has 128 valence electrons. The minimum absolute atomic E-state index is 0.206. The van der Waals surface area contributed by atoms with Gasteiger partial charge in [-0.25, -0.2) is 9.97 Å². The van der Waals surface area contributed by atoms with Crippen molar-refractivity contribution in [1.29, 1.82) is 0 Å². The smallest absolute Gasteiger partial charge is 0.180 e. The summed E-state index contributed by atoms with van der Waals surface area (Å²) < 4.78 is 0. The van der Waals surface area contributed by atoms with Gasteiger partial charge in [-0.3, -0.25) is 9.88 Å². The van der Waals surface area contributed by atoms with Crippen LogP contribution in [0.2, 0.25) is 0 Å². The van der Waals surface area contributed by atoms with Crippen LogP contribution in [-0.2, 0) is 6.42 Å². The minimum Gasteiger partial charge on any atom is -0.395 e. The van der Waals surface area contributed by atoms with Crippen molar-refractivity contribution in [3.8, 4) is 11.5 Å². The lowest BCUT2D eigenvalue weighted by Gasteiger charge is -2.38. The van der Waals surface area contributed by atoms with E-state index in [1.165, 1.54) is 0 Å². The van der Waals surface area contributed by atoms with Gasteiger partial charge in [-0.2, -0.15) is 0 Å². The van der Waals surface area contributed by atoms with Crippen LogP contribution in [0.3, 0.4) is 0 Å². The van der Waals surface area contributed by atoms with Gasteiger partial charge in [0.1, 0.15) is 11.5 Å². The molecule has 0 amide bonds. The molecule has 0 spiro atoms. The molecule has 3 rings (SSSR count).